The van der Waals surface area contributed by atoms with Gasteiger partial charge in [-0.25, -0.2) is 0 Å². The number of carbonyl (C=O) groups is 2. The van der Waals surface area contributed by atoms with Crippen LogP contribution in [-0.2, 0) is 4.79 Å². The zero-order chi connectivity index (χ0) is 20.1. The summed E-state index contributed by atoms with van der Waals surface area (Å²) in [5, 5.41) is 11.9. The molecule has 1 aliphatic rings. The third-order valence-corrected chi connectivity index (χ3v) is 5.14. The van der Waals surface area contributed by atoms with E-state index in [-0.39, 0.29) is 17.7 Å². The van der Waals surface area contributed by atoms with Crippen LogP contribution in [0.2, 0.25) is 0 Å². The van der Waals surface area contributed by atoms with E-state index in [4.69, 9.17) is 5.26 Å². The molecular weight excluding hydrogens is 352 g/mol. The largest absolute Gasteiger partial charge is 0.369 e. The van der Waals surface area contributed by atoms with Gasteiger partial charge >= 0.3 is 0 Å². The van der Waals surface area contributed by atoms with E-state index in [1.807, 2.05) is 31.2 Å². The van der Waals surface area contributed by atoms with Gasteiger partial charge in [0.25, 0.3) is 0 Å². The Morgan fingerprint density at radius 1 is 1.07 bits per heavy atom. The number of Topliss-reactive ketones (excluding diaryl/α,β-unsaturated/α-hetero) is 1. The van der Waals surface area contributed by atoms with Crippen molar-refractivity contribution in [2.24, 2.45) is 0 Å². The molecule has 144 valence electrons. The fraction of sp³-hybridized carbons (Fsp3) is 0.318. The Hall–Kier alpha value is -3.17. The highest BCUT2D eigenvalue weighted by atomic mass is 16.2. The van der Waals surface area contributed by atoms with Crippen molar-refractivity contribution in [1.82, 2.24) is 4.90 Å². The van der Waals surface area contributed by atoms with Gasteiger partial charge in [0.2, 0.25) is 5.91 Å². The van der Waals surface area contributed by atoms with Crippen LogP contribution in [0.5, 0.6) is 0 Å². The Kier molecular flexibility index (Phi) is 6.07. The van der Waals surface area contributed by atoms with Gasteiger partial charge in [-0.1, -0.05) is 6.07 Å². The summed E-state index contributed by atoms with van der Waals surface area (Å²) < 4.78 is 0. The number of rotatable bonds is 5. The fourth-order valence-electron chi connectivity index (χ4n) is 3.35. The number of nitrogens with zero attached hydrogens (tertiary/aromatic N) is 3. The average Bonchev–Trinajstić information content (AvgIpc) is 2.73. The summed E-state index contributed by atoms with van der Waals surface area (Å²) in [4.78, 5) is 28.4. The van der Waals surface area contributed by atoms with Crippen LogP contribution >= 0.6 is 0 Å². The maximum absolute atomic E-state index is 12.6. The second-order valence-corrected chi connectivity index (χ2v) is 6.98. The molecule has 0 radical (unpaired) electrons. The van der Waals surface area contributed by atoms with Gasteiger partial charge in [-0.15, -0.1) is 0 Å². The van der Waals surface area contributed by atoms with Crippen molar-refractivity contribution in [3.8, 4) is 6.07 Å². The first-order valence-corrected chi connectivity index (χ1v) is 9.39. The standard InChI is InChI=1S/C22H24N4O2/c1-16(22(28)24-20-5-3-4-18(14-20)15-23)25-10-12-26(13-11-25)21-8-6-19(7-9-21)17(2)27/h3-9,14,16H,10-13H2,1-2H3,(H,24,28)/t16-/m0/s1. The van der Waals surface area contributed by atoms with Crippen molar-refractivity contribution >= 4 is 23.1 Å². The molecule has 0 bridgehead atoms. The molecule has 1 fully saturated rings. The third kappa shape index (κ3) is 4.56. The van der Waals surface area contributed by atoms with Crippen LogP contribution in [0.1, 0.15) is 29.8 Å². The molecule has 28 heavy (non-hydrogen) atoms. The molecular formula is C22H24N4O2. The summed E-state index contributed by atoms with van der Waals surface area (Å²) in [6, 6.07) is 16.4. The Bertz CT molecular complexity index is 893. The zero-order valence-electron chi connectivity index (χ0n) is 16.2. The van der Waals surface area contributed by atoms with Gasteiger partial charge in [-0.2, -0.15) is 5.26 Å². The first-order chi connectivity index (χ1) is 13.5. The van der Waals surface area contributed by atoms with Gasteiger partial charge in [0.05, 0.1) is 17.7 Å². The molecule has 1 amide bonds. The maximum Gasteiger partial charge on any atom is 0.241 e. The molecule has 0 aliphatic carbocycles. The van der Waals surface area contributed by atoms with Crippen LogP contribution in [0, 0.1) is 11.3 Å². The summed E-state index contributed by atoms with van der Waals surface area (Å²) in [5.41, 5.74) is 2.97. The van der Waals surface area contributed by atoms with E-state index >= 15 is 0 Å². The van der Waals surface area contributed by atoms with Crippen LogP contribution in [0.25, 0.3) is 0 Å². The van der Waals surface area contributed by atoms with E-state index < -0.39 is 0 Å². The van der Waals surface area contributed by atoms with E-state index in [1.165, 1.54) is 0 Å². The molecule has 1 N–H and O–H groups in total. The number of benzene rings is 2. The lowest BCUT2D eigenvalue weighted by Crippen LogP contribution is -2.52. The van der Waals surface area contributed by atoms with Crippen molar-refractivity contribution in [2.75, 3.05) is 36.4 Å². The van der Waals surface area contributed by atoms with E-state index in [0.717, 1.165) is 31.9 Å². The molecule has 6 nitrogen and oxygen atoms in total. The lowest BCUT2D eigenvalue weighted by atomic mass is 10.1. The van der Waals surface area contributed by atoms with E-state index in [2.05, 4.69) is 21.2 Å². The SMILES string of the molecule is CC(=O)c1ccc(N2CCN([C@@H](C)C(=O)Nc3cccc(C#N)c3)CC2)cc1. The molecule has 6 heteroatoms. The van der Waals surface area contributed by atoms with Crippen molar-refractivity contribution < 1.29 is 9.59 Å². The third-order valence-electron chi connectivity index (χ3n) is 5.14. The molecule has 1 atom stereocenters. The molecule has 0 spiro atoms. The molecule has 3 rings (SSSR count). The molecule has 2 aromatic carbocycles. The first kappa shape index (κ1) is 19.6. The van der Waals surface area contributed by atoms with Crippen molar-refractivity contribution in [1.29, 1.82) is 5.26 Å². The first-order valence-electron chi connectivity index (χ1n) is 9.39. The van der Waals surface area contributed by atoms with Gasteiger partial charge in [-0.05, 0) is 56.3 Å². The van der Waals surface area contributed by atoms with Gasteiger partial charge in [0.1, 0.15) is 0 Å². The van der Waals surface area contributed by atoms with Crippen LogP contribution in [-0.4, -0.2) is 48.8 Å². The maximum atomic E-state index is 12.6. The number of carbonyl (C=O) groups excluding carboxylic acids is 2. The summed E-state index contributed by atoms with van der Waals surface area (Å²) >= 11 is 0. The minimum atomic E-state index is -0.256. The second-order valence-electron chi connectivity index (χ2n) is 6.98. The minimum Gasteiger partial charge on any atom is -0.369 e. The summed E-state index contributed by atoms with van der Waals surface area (Å²) in [7, 11) is 0. The quantitative estimate of drug-likeness (QED) is 0.812. The molecule has 1 aliphatic heterocycles. The van der Waals surface area contributed by atoms with Gasteiger partial charge in [0, 0.05) is 43.1 Å². The van der Waals surface area contributed by atoms with Crippen LogP contribution in [0.3, 0.4) is 0 Å². The highest BCUT2D eigenvalue weighted by molar-refractivity contribution is 5.95. The number of nitriles is 1. The number of hydrogen-bond donors (Lipinski definition) is 1. The molecule has 0 saturated carbocycles. The summed E-state index contributed by atoms with van der Waals surface area (Å²) in [6.45, 7) is 6.67. The highest BCUT2D eigenvalue weighted by Crippen LogP contribution is 2.19. The van der Waals surface area contributed by atoms with Crippen molar-refractivity contribution in [2.45, 2.75) is 19.9 Å². The normalized spacial score (nSPS) is 15.5. The smallest absolute Gasteiger partial charge is 0.241 e. The van der Waals surface area contributed by atoms with E-state index in [0.29, 0.717) is 16.8 Å². The van der Waals surface area contributed by atoms with Crippen molar-refractivity contribution in [3.05, 3.63) is 59.7 Å². The number of piperazine rings is 1. The van der Waals surface area contributed by atoms with Gasteiger partial charge < -0.3 is 10.2 Å². The number of nitrogens with one attached hydrogen (secondary N) is 1. The van der Waals surface area contributed by atoms with E-state index in [1.54, 1.807) is 31.2 Å². The Morgan fingerprint density at radius 3 is 2.36 bits per heavy atom. The highest BCUT2D eigenvalue weighted by Gasteiger charge is 2.25. The van der Waals surface area contributed by atoms with E-state index in [9.17, 15) is 9.59 Å². The predicted octanol–water partition coefficient (Wildman–Crippen LogP) is 2.91. The molecule has 0 unspecified atom stereocenters. The Labute approximate surface area is 165 Å². The lowest BCUT2D eigenvalue weighted by molar-refractivity contribution is -0.120. The predicted molar refractivity (Wildman–Crippen MR) is 109 cm³/mol. The number of ketones is 1. The molecule has 1 heterocycles. The molecule has 0 aromatic heterocycles. The zero-order valence-corrected chi connectivity index (χ0v) is 16.2. The average molecular weight is 376 g/mol. The Morgan fingerprint density at radius 2 is 1.75 bits per heavy atom. The summed E-state index contributed by atoms with van der Waals surface area (Å²) in [5.74, 6) is -0.00846. The second kappa shape index (κ2) is 8.68. The van der Waals surface area contributed by atoms with Crippen LogP contribution in [0.15, 0.2) is 48.5 Å². The monoisotopic (exact) mass is 376 g/mol. The van der Waals surface area contributed by atoms with Crippen LogP contribution in [0.4, 0.5) is 11.4 Å². The fourth-order valence-corrected chi connectivity index (χ4v) is 3.35. The topological polar surface area (TPSA) is 76.4 Å². The number of amides is 1. The van der Waals surface area contributed by atoms with Crippen molar-refractivity contribution in [3.63, 3.8) is 0 Å². The minimum absolute atomic E-state index is 0.0662. The summed E-state index contributed by atoms with van der Waals surface area (Å²) in [6.07, 6.45) is 0. The van der Waals surface area contributed by atoms with Gasteiger partial charge in [-0.3, -0.25) is 14.5 Å². The van der Waals surface area contributed by atoms with Crippen LogP contribution < -0.4 is 10.2 Å². The van der Waals surface area contributed by atoms with Gasteiger partial charge in [0.15, 0.2) is 5.78 Å². The number of anilines is 2. The Balaban J connectivity index is 1.55. The molecule has 1 saturated heterocycles. The lowest BCUT2D eigenvalue weighted by Gasteiger charge is -2.38. The number of hydrogen-bond acceptors (Lipinski definition) is 5. The molecule has 2 aromatic rings.